The summed E-state index contributed by atoms with van der Waals surface area (Å²) in [4.78, 5) is 11.7. The Morgan fingerprint density at radius 3 is 1.94 bits per heavy atom. The maximum atomic E-state index is 12.2. The van der Waals surface area contributed by atoms with Crippen LogP contribution in [0.15, 0.2) is 0 Å². The van der Waals surface area contributed by atoms with Crippen LogP contribution in [0.1, 0.15) is 47.5 Å². The molecule has 0 spiro atoms. The number of hydrogen-bond donors (Lipinski definition) is 0. The number of ether oxygens (including phenoxy) is 1. The summed E-state index contributed by atoms with van der Waals surface area (Å²) >= 11 is 0. The second kappa shape index (κ2) is 7.85. The normalized spacial score (nSPS) is 12.2. The molecule has 0 fully saturated rings. The lowest BCUT2D eigenvalue weighted by atomic mass is 10.4. The van der Waals surface area contributed by atoms with Gasteiger partial charge >= 0.3 is 13.3 Å². The predicted octanol–water partition coefficient (Wildman–Crippen LogP) is 3.97. The van der Waals surface area contributed by atoms with E-state index >= 15 is 0 Å². The summed E-state index contributed by atoms with van der Waals surface area (Å²) in [6, 6.07) is 0. The second-order valence-electron chi connectivity index (χ2n) is 4.27. The van der Waals surface area contributed by atoms with Crippen LogP contribution >= 0.6 is 7.60 Å². The van der Waals surface area contributed by atoms with Crippen LogP contribution in [-0.4, -0.2) is 24.5 Å². The van der Waals surface area contributed by atoms with E-state index in [1.54, 1.807) is 27.7 Å². The SMILES string of the molecule is CCCCOC(=O)P(=O)(OC(C)C)OC(C)C. The Balaban J connectivity index is 4.55. The Morgan fingerprint density at radius 2 is 1.59 bits per heavy atom. The standard InChI is InChI=1S/C11H23O5P/c1-6-7-8-14-11(12)17(13,15-9(2)3)16-10(4)5/h9-10H,6-8H2,1-5H3. The molecular weight excluding hydrogens is 243 g/mol. The van der Waals surface area contributed by atoms with E-state index in [1.165, 1.54) is 0 Å². The molecule has 0 rings (SSSR count). The fraction of sp³-hybridized carbons (Fsp3) is 0.909. The van der Waals surface area contributed by atoms with Crippen LogP contribution in [0.2, 0.25) is 0 Å². The van der Waals surface area contributed by atoms with Gasteiger partial charge in [0.05, 0.1) is 18.8 Å². The van der Waals surface area contributed by atoms with Crippen molar-refractivity contribution in [1.82, 2.24) is 0 Å². The first-order valence-corrected chi connectivity index (χ1v) is 7.50. The second-order valence-corrected chi connectivity index (χ2v) is 6.06. The molecule has 0 aromatic carbocycles. The van der Waals surface area contributed by atoms with Gasteiger partial charge in [-0.15, -0.1) is 0 Å². The minimum absolute atomic E-state index is 0.238. The van der Waals surface area contributed by atoms with Crippen LogP contribution in [-0.2, 0) is 18.3 Å². The number of carbonyl (C=O) groups is 1. The molecule has 0 atom stereocenters. The zero-order valence-electron chi connectivity index (χ0n) is 11.3. The average Bonchev–Trinajstić information content (AvgIpc) is 2.15. The molecule has 0 radical (unpaired) electrons. The van der Waals surface area contributed by atoms with Gasteiger partial charge in [0.25, 0.3) is 0 Å². The highest BCUT2D eigenvalue weighted by Crippen LogP contribution is 2.52. The third-order valence-corrected chi connectivity index (χ3v) is 3.62. The van der Waals surface area contributed by atoms with Crippen molar-refractivity contribution in [2.75, 3.05) is 6.61 Å². The van der Waals surface area contributed by atoms with E-state index in [1.807, 2.05) is 6.92 Å². The van der Waals surface area contributed by atoms with Crippen molar-refractivity contribution < 1.29 is 23.1 Å². The fourth-order valence-electron chi connectivity index (χ4n) is 1.05. The van der Waals surface area contributed by atoms with Gasteiger partial charge in [0.2, 0.25) is 0 Å². The highest BCUT2D eigenvalue weighted by atomic mass is 31.2. The van der Waals surface area contributed by atoms with Gasteiger partial charge in [-0.1, -0.05) is 13.3 Å². The minimum Gasteiger partial charge on any atom is -0.457 e. The molecule has 0 bridgehead atoms. The van der Waals surface area contributed by atoms with Crippen LogP contribution in [0.3, 0.4) is 0 Å². The molecule has 0 N–H and O–H groups in total. The fourth-order valence-corrected chi connectivity index (χ4v) is 2.63. The maximum Gasteiger partial charge on any atom is 0.438 e. The smallest absolute Gasteiger partial charge is 0.438 e. The van der Waals surface area contributed by atoms with E-state index in [4.69, 9.17) is 13.8 Å². The van der Waals surface area contributed by atoms with Gasteiger partial charge in [0.15, 0.2) is 0 Å². The summed E-state index contributed by atoms with van der Waals surface area (Å²) in [5.74, 6) is 0. The molecule has 0 heterocycles. The van der Waals surface area contributed by atoms with E-state index < -0.39 is 13.3 Å². The molecule has 0 aliphatic rings. The lowest BCUT2D eigenvalue weighted by Crippen LogP contribution is -2.15. The van der Waals surface area contributed by atoms with Crippen LogP contribution < -0.4 is 0 Å². The summed E-state index contributed by atoms with van der Waals surface area (Å²) in [5, 5.41) is 0. The lowest BCUT2D eigenvalue weighted by Gasteiger charge is -2.20. The Bertz CT molecular complexity index is 261. The van der Waals surface area contributed by atoms with Gasteiger partial charge in [0.1, 0.15) is 0 Å². The van der Waals surface area contributed by atoms with Crippen molar-refractivity contribution in [1.29, 1.82) is 0 Å². The van der Waals surface area contributed by atoms with Crippen molar-refractivity contribution >= 4 is 13.3 Å². The van der Waals surface area contributed by atoms with Crippen LogP contribution in [0.4, 0.5) is 4.79 Å². The molecule has 0 unspecified atom stereocenters. The summed E-state index contributed by atoms with van der Waals surface area (Å²) in [7, 11) is -3.82. The van der Waals surface area contributed by atoms with Crippen molar-refractivity contribution in [3.8, 4) is 0 Å². The highest BCUT2D eigenvalue weighted by molar-refractivity contribution is 7.71. The van der Waals surface area contributed by atoms with Crippen molar-refractivity contribution in [3.63, 3.8) is 0 Å². The van der Waals surface area contributed by atoms with E-state index in [2.05, 4.69) is 0 Å². The molecule has 102 valence electrons. The summed E-state index contributed by atoms with van der Waals surface area (Å²) < 4.78 is 27.3. The zero-order valence-corrected chi connectivity index (χ0v) is 12.2. The Morgan fingerprint density at radius 1 is 1.12 bits per heavy atom. The number of hydrogen-bond acceptors (Lipinski definition) is 5. The van der Waals surface area contributed by atoms with Gasteiger partial charge in [-0.3, -0.25) is 9.05 Å². The first kappa shape index (κ1) is 16.6. The number of rotatable bonds is 8. The van der Waals surface area contributed by atoms with E-state index in [9.17, 15) is 9.36 Å². The maximum absolute atomic E-state index is 12.2. The average molecular weight is 266 g/mol. The molecular formula is C11H23O5P. The Labute approximate surface area is 103 Å². The van der Waals surface area contributed by atoms with Gasteiger partial charge in [0, 0.05) is 0 Å². The Kier molecular flexibility index (Phi) is 7.68. The van der Waals surface area contributed by atoms with E-state index in [0.29, 0.717) is 0 Å². The van der Waals surface area contributed by atoms with E-state index in [-0.39, 0.29) is 18.8 Å². The largest absolute Gasteiger partial charge is 0.457 e. The van der Waals surface area contributed by atoms with Gasteiger partial charge in [-0.25, -0.2) is 9.36 Å². The first-order chi connectivity index (χ1) is 7.81. The third-order valence-electron chi connectivity index (χ3n) is 1.65. The summed E-state index contributed by atoms with van der Waals surface area (Å²) in [5.41, 5.74) is -0.895. The first-order valence-electron chi connectivity index (χ1n) is 5.96. The van der Waals surface area contributed by atoms with Crippen LogP contribution in [0.25, 0.3) is 0 Å². The summed E-state index contributed by atoms with van der Waals surface area (Å²) in [6.45, 7) is 8.97. The Hall–Kier alpha value is -0.380. The third kappa shape index (κ3) is 6.81. The van der Waals surface area contributed by atoms with Gasteiger partial charge in [-0.05, 0) is 34.1 Å². The molecule has 17 heavy (non-hydrogen) atoms. The molecule has 0 aliphatic heterocycles. The van der Waals surface area contributed by atoms with Gasteiger partial charge in [-0.2, -0.15) is 0 Å². The molecule has 0 aliphatic carbocycles. The molecule has 0 saturated heterocycles. The number of carbonyl (C=O) groups excluding carboxylic acids is 1. The van der Waals surface area contributed by atoms with Crippen LogP contribution in [0, 0.1) is 0 Å². The molecule has 6 heteroatoms. The minimum atomic E-state index is -3.82. The topological polar surface area (TPSA) is 61.8 Å². The van der Waals surface area contributed by atoms with Crippen molar-refractivity contribution in [2.45, 2.75) is 59.7 Å². The number of unbranched alkanes of at least 4 members (excludes halogenated alkanes) is 1. The monoisotopic (exact) mass is 266 g/mol. The molecule has 0 saturated carbocycles. The lowest BCUT2D eigenvalue weighted by molar-refractivity contribution is 0.118. The highest BCUT2D eigenvalue weighted by Gasteiger charge is 2.39. The van der Waals surface area contributed by atoms with Crippen molar-refractivity contribution in [2.24, 2.45) is 0 Å². The zero-order chi connectivity index (χ0) is 13.5. The molecule has 0 aromatic rings. The molecule has 0 amide bonds. The van der Waals surface area contributed by atoms with Crippen LogP contribution in [0.5, 0.6) is 0 Å². The van der Waals surface area contributed by atoms with Gasteiger partial charge < -0.3 is 4.74 Å². The van der Waals surface area contributed by atoms with E-state index in [0.717, 1.165) is 12.8 Å². The molecule has 0 aromatic heterocycles. The quantitative estimate of drug-likeness (QED) is 0.491. The molecule has 5 nitrogen and oxygen atoms in total. The predicted molar refractivity (Wildman–Crippen MR) is 66.3 cm³/mol. The summed E-state index contributed by atoms with van der Waals surface area (Å²) in [6.07, 6.45) is 0.902. The van der Waals surface area contributed by atoms with Crippen molar-refractivity contribution in [3.05, 3.63) is 0 Å².